The second-order valence-electron chi connectivity index (χ2n) is 7.64. The minimum Gasteiger partial charge on any atom is -0.489 e. The van der Waals surface area contributed by atoms with Gasteiger partial charge in [0.2, 0.25) is 0 Å². The molecule has 2 aromatic rings. The molecule has 1 aliphatic rings. The van der Waals surface area contributed by atoms with Crippen LogP contribution in [0, 0.1) is 0 Å². The van der Waals surface area contributed by atoms with E-state index in [1.54, 1.807) is 19.3 Å². The Morgan fingerprint density at radius 3 is 2.41 bits per heavy atom. The van der Waals surface area contributed by atoms with Gasteiger partial charge in [-0.3, -0.25) is 10.0 Å². The summed E-state index contributed by atoms with van der Waals surface area (Å²) >= 11 is 0. The molecule has 1 aliphatic heterocycles. The van der Waals surface area contributed by atoms with Crippen LogP contribution >= 0.6 is 0 Å². The Kier molecular flexibility index (Phi) is 9.63. The number of nitrogens with one attached hydrogen (secondary N) is 1. The minimum atomic E-state index is -4.48. The molecule has 34 heavy (non-hydrogen) atoms. The first kappa shape index (κ1) is 27.8. The molecule has 3 rings (SSSR count). The molecule has 1 heterocycles. The van der Waals surface area contributed by atoms with Crippen molar-refractivity contribution in [2.75, 3.05) is 13.2 Å². The summed E-state index contributed by atoms with van der Waals surface area (Å²) in [6, 6.07) is 10.2. The Morgan fingerprint density at radius 1 is 1.21 bits per heavy atom. The molecule has 2 aromatic carbocycles. The van der Waals surface area contributed by atoms with Crippen molar-refractivity contribution >= 4 is 16.9 Å². The van der Waals surface area contributed by atoms with E-state index in [1.807, 2.05) is 13.8 Å². The van der Waals surface area contributed by atoms with Crippen LogP contribution in [0.5, 0.6) is 5.75 Å². The van der Waals surface area contributed by atoms with Crippen molar-refractivity contribution in [3.63, 3.8) is 0 Å². The minimum absolute atomic E-state index is 0.000980. The number of alkyl halides is 3. The van der Waals surface area contributed by atoms with Crippen molar-refractivity contribution in [3.8, 4) is 5.75 Å². The molecule has 0 spiro atoms. The lowest BCUT2D eigenvalue weighted by molar-refractivity contribution is -0.153. The topological polar surface area (TPSA) is 88.1 Å². The lowest BCUT2D eigenvalue weighted by Crippen LogP contribution is -2.62. The molecule has 1 amide bonds. The zero-order valence-electron chi connectivity index (χ0n) is 19.4. The third-order valence-corrected chi connectivity index (χ3v) is 6.54. The molecule has 188 valence electrons. The van der Waals surface area contributed by atoms with Crippen molar-refractivity contribution in [1.29, 1.82) is 0 Å². The predicted molar refractivity (Wildman–Crippen MR) is 120 cm³/mol. The molecule has 1 unspecified atom stereocenters. The summed E-state index contributed by atoms with van der Waals surface area (Å²) in [5.41, 5.74) is -0.165. The quantitative estimate of drug-likeness (QED) is 0.454. The van der Waals surface area contributed by atoms with Crippen molar-refractivity contribution in [3.05, 3.63) is 59.7 Å². The van der Waals surface area contributed by atoms with Gasteiger partial charge >= 0.3 is 6.18 Å². The Bertz CT molecular complexity index is 983. The highest BCUT2D eigenvalue weighted by Crippen LogP contribution is 2.33. The molecule has 0 aromatic heterocycles. The highest BCUT2D eigenvalue weighted by molar-refractivity contribution is 7.82. The maximum Gasteiger partial charge on any atom is 0.416 e. The summed E-state index contributed by atoms with van der Waals surface area (Å²) in [6.07, 6.45) is -4.48. The number of hydrogen-bond acceptors (Lipinski definition) is 5. The van der Waals surface area contributed by atoms with Crippen LogP contribution in [0.4, 0.5) is 13.2 Å². The van der Waals surface area contributed by atoms with Gasteiger partial charge in [-0.25, -0.2) is 14.0 Å². The zero-order chi connectivity index (χ0) is 25.5. The van der Waals surface area contributed by atoms with Crippen LogP contribution < -0.4 is 10.2 Å². The number of carbonyl (C=O) groups excluding carboxylic acids is 1. The number of benzene rings is 2. The van der Waals surface area contributed by atoms with Crippen molar-refractivity contribution in [2.24, 2.45) is 0 Å². The molecular formula is C23H29F3N2O5S. The van der Waals surface area contributed by atoms with Crippen LogP contribution in [-0.2, 0) is 33.3 Å². The second-order valence-corrected chi connectivity index (χ2v) is 9.07. The van der Waals surface area contributed by atoms with E-state index >= 15 is 0 Å². The van der Waals surface area contributed by atoms with E-state index in [9.17, 15) is 22.2 Å². The van der Waals surface area contributed by atoms with Gasteiger partial charge in [-0.05, 0) is 44.2 Å². The number of rotatable bonds is 6. The predicted octanol–water partition coefficient (Wildman–Crippen LogP) is 4.32. The lowest BCUT2D eigenvalue weighted by Gasteiger charge is -2.43. The summed E-state index contributed by atoms with van der Waals surface area (Å²) < 4.78 is 65.0. The fourth-order valence-electron chi connectivity index (χ4n) is 3.51. The third-order valence-electron chi connectivity index (χ3n) is 5.05. The van der Waals surface area contributed by atoms with Gasteiger partial charge in [0.1, 0.15) is 29.4 Å². The standard InChI is InChI=1S/C21H23F3N2O5S.C2H6/c1-20(2)18(19(27)25-28)26(11-12-31-20)32(29)16-9-7-15(8-10-16)30-13-14-5-3-4-6-17(14)21(22,23)24;1-2/h3-10,18,28H,11-13H2,1-2H3,(H,25,27);1-2H3/t18-,32?;/m0./s1. The van der Waals surface area contributed by atoms with Crippen molar-refractivity contribution in [1.82, 2.24) is 9.79 Å². The van der Waals surface area contributed by atoms with Crippen LogP contribution in [0.1, 0.15) is 38.8 Å². The smallest absolute Gasteiger partial charge is 0.416 e. The average molecular weight is 503 g/mol. The van der Waals surface area contributed by atoms with Gasteiger partial charge in [0.05, 0.1) is 22.7 Å². The Hall–Kier alpha value is -2.47. The summed E-state index contributed by atoms with van der Waals surface area (Å²) in [5, 5.41) is 9.08. The van der Waals surface area contributed by atoms with Crippen LogP contribution in [-0.4, -0.2) is 44.4 Å². The number of carbonyl (C=O) groups is 1. The number of hydroxylamine groups is 1. The van der Waals surface area contributed by atoms with Crippen LogP contribution in [0.2, 0.25) is 0 Å². The molecule has 7 nitrogen and oxygen atoms in total. The molecule has 1 fully saturated rings. The van der Waals surface area contributed by atoms with Gasteiger partial charge in [0.15, 0.2) is 0 Å². The maximum absolute atomic E-state index is 13.1. The second kappa shape index (κ2) is 11.8. The average Bonchev–Trinajstić information content (AvgIpc) is 2.82. The summed E-state index contributed by atoms with van der Waals surface area (Å²) in [5.74, 6) is -0.444. The van der Waals surface area contributed by atoms with Crippen LogP contribution in [0.25, 0.3) is 0 Å². The van der Waals surface area contributed by atoms with Gasteiger partial charge in [-0.1, -0.05) is 32.0 Å². The van der Waals surface area contributed by atoms with E-state index in [4.69, 9.17) is 14.7 Å². The van der Waals surface area contributed by atoms with Crippen molar-refractivity contribution in [2.45, 2.75) is 57.0 Å². The SMILES string of the molecule is CC.CC1(C)OCCN(S(=O)c2ccc(OCc3ccccc3C(F)(F)F)cc2)[C@H]1C(=O)NO. The summed E-state index contributed by atoms with van der Waals surface area (Å²) in [6.45, 7) is 7.47. The highest BCUT2D eigenvalue weighted by atomic mass is 32.2. The number of nitrogens with zero attached hydrogens (tertiary/aromatic N) is 1. The first-order valence-electron chi connectivity index (χ1n) is 10.7. The monoisotopic (exact) mass is 502 g/mol. The fourth-order valence-corrected chi connectivity index (χ4v) is 4.93. The maximum atomic E-state index is 13.1. The van der Waals surface area contributed by atoms with Gasteiger partial charge in [-0.15, -0.1) is 0 Å². The Balaban J connectivity index is 0.00000199. The van der Waals surface area contributed by atoms with E-state index in [0.29, 0.717) is 10.6 Å². The van der Waals surface area contributed by atoms with Gasteiger partial charge in [-0.2, -0.15) is 13.2 Å². The van der Waals surface area contributed by atoms with E-state index in [2.05, 4.69) is 0 Å². The molecule has 0 radical (unpaired) electrons. The van der Waals surface area contributed by atoms with Gasteiger partial charge in [0, 0.05) is 12.1 Å². The lowest BCUT2D eigenvalue weighted by atomic mass is 9.96. The first-order chi connectivity index (χ1) is 16.0. The first-order valence-corrected chi connectivity index (χ1v) is 11.8. The number of ether oxygens (including phenoxy) is 2. The molecule has 2 N–H and O–H groups in total. The summed E-state index contributed by atoms with van der Waals surface area (Å²) in [7, 11) is -1.76. The summed E-state index contributed by atoms with van der Waals surface area (Å²) in [4.78, 5) is 12.5. The molecule has 0 saturated carbocycles. The Morgan fingerprint density at radius 2 is 1.82 bits per heavy atom. The number of halogens is 3. The number of amides is 1. The van der Waals surface area contributed by atoms with E-state index in [-0.39, 0.29) is 25.3 Å². The molecule has 1 saturated heterocycles. The van der Waals surface area contributed by atoms with Crippen LogP contribution in [0.15, 0.2) is 53.4 Å². The molecule has 2 atom stereocenters. The van der Waals surface area contributed by atoms with E-state index in [1.165, 1.54) is 46.8 Å². The third kappa shape index (κ3) is 6.56. The van der Waals surface area contributed by atoms with E-state index in [0.717, 1.165) is 6.07 Å². The molecule has 11 heteroatoms. The molecular weight excluding hydrogens is 473 g/mol. The van der Waals surface area contributed by atoms with Gasteiger partial charge in [0.25, 0.3) is 5.91 Å². The van der Waals surface area contributed by atoms with E-state index < -0.39 is 40.3 Å². The normalized spacial score (nSPS) is 18.9. The fraction of sp³-hybridized carbons (Fsp3) is 0.435. The van der Waals surface area contributed by atoms with Crippen molar-refractivity contribution < 1.29 is 36.9 Å². The Labute approximate surface area is 199 Å². The van der Waals surface area contributed by atoms with Crippen LogP contribution in [0.3, 0.4) is 0 Å². The molecule has 0 bridgehead atoms. The van der Waals surface area contributed by atoms with Gasteiger partial charge < -0.3 is 9.47 Å². The largest absolute Gasteiger partial charge is 0.489 e. The zero-order valence-corrected chi connectivity index (χ0v) is 20.2. The number of morpholine rings is 1. The molecule has 0 aliphatic carbocycles. The number of hydrogen-bond donors (Lipinski definition) is 2. The highest BCUT2D eigenvalue weighted by Gasteiger charge is 2.46.